The van der Waals surface area contributed by atoms with Crippen molar-refractivity contribution >= 4 is 45.8 Å². The highest BCUT2D eigenvalue weighted by Gasteiger charge is 2.20. The first-order valence-corrected chi connectivity index (χ1v) is 7.70. The van der Waals surface area contributed by atoms with Gasteiger partial charge in [-0.2, -0.15) is 0 Å². The summed E-state index contributed by atoms with van der Waals surface area (Å²) in [5.74, 6) is 0.207. The number of amides is 1. The van der Waals surface area contributed by atoms with E-state index in [2.05, 4.69) is 15.9 Å². The lowest BCUT2D eigenvalue weighted by Gasteiger charge is -2.30. The van der Waals surface area contributed by atoms with Crippen LogP contribution in [0.25, 0.3) is 0 Å². The van der Waals surface area contributed by atoms with E-state index >= 15 is 0 Å². The van der Waals surface area contributed by atoms with Gasteiger partial charge in [0.1, 0.15) is 0 Å². The minimum absolute atomic E-state index is 0. The molecule has 3 nitrogen and oxygen atoms in total. The molecule has 1 fully saturated rings. The van der Waals surface area contributed by atoms with Crippen LogP contribution in [0.2, 0.25) is 5.02 Å². The Morgan fingerprint density at radius 1 is 1.40 bits per heavy atom. The van der Waals surface area contributed by atoms with E-state index in [0.717, 1.165) is 36.0 Å². The number of carbonyl (C=O) groups excluding carboxylic acids is 1. The maximum absolute atomic E-state index is 12.1. The number of aryl methyl sites for hydroxylation is 1. The maximum Gasteiger partial charge on any atom is 0.222 e. The normalized spacial score (nSPS) is 15.8. The number of nitrogens with two attached hydrogens (primary N) is 1. The average molecular weight is 382 g/mol. The van der Waals surface area contributed by atoms with Gasteiger partial charge in [-0.3, -0.25) is 4.79 Å². The van der Waals surface area contributed by atoms with E-state index < -0.39 is 0 Å². The van der Waals surface area contributed by atoms with E-state index in [1.807, 2.05) is 23.1 Å². The van der Waals surface area contributed by atoms with Gasteiger partial charge in [0.25, 0.3) is 0 Å². The standard InChI is InChI=1S/C14H18BrClN2O.ClH/c15-13-3-2-11(16)9-10(13)1-4-14(19)18-7-5-12(17)6-8-18;/h2-3,9,12H,1,4-8,17H2;1H. The Labute approximate surface area is 139 Å². The molecular weight excluding hydrogens is 363 g/mol. The van der Waals surface area contributed by atoms with Crippen molar-refractivity contribution in [2.75, 3.05) is 13.1 Å². The van der Waals surface area contributed by atoms with Crippen molar-refractivity contribution in [3.8, 4) is 0 Å². The van der Waals surface area contributed by atoms with E-state index in [1.165, 1.54) is 0 Å². The first-order valence-electron chi connectivity index (χ1n) is 6.53. The Morgan fingerprint density at radius 2 is 2.05 bits per heavy atom. The first kappa shape index (κ1) is 17.8. The van der Waals surface area contributed by atoms with Gasteiger partial charge in [-0.15, -0.1) is 12.4 Å². The largest absolute Gasteiger partial charge is 0.343 e. The zero-order valence-electron chi connectivity index (χ0n) is 11.1. The van der Waals surface area contributed by atoms with Crippen LogP contribution in [-0.2, 0) is 11.2 Å². The molecule has 0 saturated carbocycles. The van der Waals surface area contributed by atoms with Crippen LogP contribution < -0.4 is 5.73 Å². The topological polar surface area (TPSA) is 46.3 Å². The van der Waals surface area contributed by atoms with E-state index in [0.29, 0.717) is 17.9 Å². The lowest BCUT2D eigenvalue weighted by atomic mass is 10.0. The van der Waals surface area contributed by atoms with Gasteiger partial charge in [0.05, 0.1) is 0 Å². The molecule has 20 heavy (non-hydrogen) atoms. The van der Waals surface area contributed by atoms with Crippen molar-refractivity contribution in [2.45, 2.75) is 31.7 Å². The fourth-order valence-electron chi connectivity index (χ4n) is 2.28. The van der Waals surface area contributed by atoms with Crippen LogP contribution in [0.3, 0.4) is 0 Å². The number of hydrogen-bond acceptors (Lipinski definition) is 2. The number of piperidine rings is 1. The van der Waals surface area contributed by atoms with Crippen LogP contribution in [0.15, 0.2) is 22.7 Å². The fraction of sp³-hybridized carbons (Fsp3) is 0.500. The van der Waals surface area contributed by atoms with Crippen LogP contribution in [0.4, 0.5) is 0 Å². The number of hydrogen-bond donors (Lipinski definition) is 1. The Bertz CT molecular complexity index is 462. The molecule has 1 aliphatic rings. The molecule has 0 atom stereocenters. The molecule has 0 radical (unpaired) electrons. The summed E-state index contributed by atoms with van der Waals surface area (Å²) < 4.78 is 1.00. The van der Waals surface area contributed by atoms with Gasteiger partial charge < -0.3 is 10.6 Å². The highest BCUT2D eigenvalue weighted by molar-refractivity contribution is 9.10. The van der Waals surface area contributed by atoms with Crippen LogP contribution in [0.1, 0.15) is 24.8 Å². The van der Waals surface area contributed by atoms with Crippen molar-refractivity contribution in [3.63, 3.8) is 0 Å². The van der Waals surface area contributed by atoms with Crippen LogP contribution in [0.5, 0.6) is 0 Å². The SMILES string of the molecule is Cl.NC1CCN(C(=O)CCc2cc(Cl)ccc2Br)CC1. The smallest absolute Gasteiger partial charge is 0.222 e. The number of nitrogens with zero attached hydrogens (tertiary/aromatic N) is 1. The van der Waals surface area contributed by atoms with Gasteiger partial charge in [0.15, 0.2) is 0 Å². The zero-order valence-corrected chi connectivity index (χ0v) is 14.3. The minimum atomic E-state index is 0. The lowest BCUT2D eigenvalue weighted by Crippen LogP contribution is -2.42. The molecule has 1 saturated heterocycles. The molecule has 1 aromatic carbocycles. The van der Waals surface area contributed by atoms with Crippen molar-refractivity contribution in [1.82, 2.24) is 4.90 Å². The molecular formula is C14H19BrCl2N2O. The highest BCUT2D eigenvalue weighted by atomic mass is 79.9. The molecule has 6 heteroatoms. The molecule has 0 bridgehead atoms. The molecule has 112 valence electrons. The maximum atomic E-state index is 12.1. The number of rotatable bonds is 3. The third kappa shape index (κ3) is 4.92. The highest BCUT2D eigenvalue weighted by Crippen LogP contribution is 2.23. The molecule has 0 unspecified atom stereocenters. The van der Waals surface area contributed by atoms with Gasteiger partial charge in [-0.1, -0.05) is 27.5 Å². The molecule has 1 heterocycles. The Hall–Kier alpha value is -0.290. The molecule has 1 aliphatic heterocycles. The summed E-state index contributed by atoms with van der Waals surface area (Å²) in [5, 5.41) is 0.703. The van der Waals surface area contributed by atoms with E-state index in [1.54, 1.807) is 0 Å². The summed E-state index contributed by atoms with van der Waals surface area (Å²) in [6.07, 6.45) is 3.05. The van der Waals surface area contributed by atoms with E-state index in [-0.39, 0.29) is 24.4 Å². The fourth-order valence-corrected chi connectivity index (χ4v) is 2.92. The van der Waals surface area contributed by atoms with E-state index in [9.17, 15) is 4.79 Å². The zero-order chi connectivity index (χ0) is 13.8. The van der Waals surface area contributed by atoms with Gasteiger partial charge in [0, 0.05) is 35.0 Å². The van der Waals surface area contributed by atoms with Crippen molar-refractivity contribution in [1.29, 1.82) is 0 Å². The van der Waals surface area contributed by atoms with Gasteiger partial charge in [0.2, 0.25) is 5.91 Å². The molecule has 0 aliphatic carbocycles. The number of carbonyl (C=O) groups is 1. The van der Waals surface area contributed by atoms with Crippen LogP contribution in [-0.4, -0.2) is 29.9 Å². The predicted octanol–water partition coefficient (Wildman–Crippen LogP) is 3.41. The van der Waals surface area contributed by atoms with E-state index in [4.69, 9.17) is 17.3 Å². The monoisotopic (exact) mass is 380 g/mol. The summed E-state index contributed by atoms with van der Waals surface area (Å²) in [5.41, 5.74) is 6.92. The number of benzene rings is 1. The van der Waals surface area contributed by atoms with Gasteiger partial charge >= 0.3 is 0 Å². The second kappa shape index (κ2) is 8.23. The first-order chi connectivity index (χ1) is 9.06. The summed E-state index contributed by atoms with van der Waals surface area (Å²) in [4.78, 5) is 14.0. The third-order valence-corrected chi connectivity index (χ3v) is 4.52. The van der Waals surface area contributed by atoms with Crippen LogP contribution >= 0.6 is 39.9 Å². The third-order valence-electron chi connectivity index (χ3n) is 3.51. The Balaban J connectivity index is 0.00000200. The minimum Gasteiger partial charge on any atom is -0.343 e. The Morgan fingerprint density at radius 3 is 2.70 bits per heavy atom. The predicted molar refractivity (Wildman–Crippen MR) is 88.5 cm³/mol. The number of likely N-dealkylation sites (tertiary alicyclic amines) is 1. The Kier molecular flexibility index (Phi) is 7.30. The molecule has 0 spiro atoms. The molecule has 2 rings (SSSR count). The lowest BCUT2D eigenvalue weighted by molar-refractivity contribution is -0.132. The molecule has 1 aromatic rings. The van der Waals surface area contributed by atoms with Crippen molar-refractivity contribution in [2.24, 2.45) is 5.73 Å². The summed E-state index contributed by atoms with van der Waals surface area (Å²) in [6.45, 7) is 1.58. The van der Waals surface area contributed by atoms with Gasteiger partial charge in [-0.25, -0.2) is 0 Å². The quantitative estimate of drug-likeness (QED) is 0.871. The molecule has 1 amide bonds. The van der Waals surface area contributed by atoms with Crippen molar-refractivity contribution < 1.29 is 4.79 Å². The summed E-state index contributed by atoms with van der Waals surface area (Å²) in [6, 6.07) is 5.92. The van der Waals surface area contributed by atoms with Gasteiger partial charge in [-0.05, 0) is 43.0 Å². The number of halogens is 3. The van der Waals surface area contributed by atoms with Crippen molar-refractivity contribution in [3.05, 3.63) is 33.3 Å². The van der Waals surface area contributed by atoms with Crippen LogP contribution in [0, 0.1) is 0 Å². The molecule has 2 N–H and O–H groups in total. The average Bonchev–Trinajstić information content (AvgIpc) is 2.40. The molecule has 0 aromatic heterocycles. The second-order valence-corrected chi connectivity index (χ2v) is 6.24. The summed E-state index contributed by atoms with van der Waals surface area (Å²) >= 11 is 9.45. The second-order valence-electron chi connectivity index (χ2n) is 4.95. The summed E-state index contributed by atoms with van der Waals surface area (Å²) in [7, 11) is 0.